The maximum absolute atomic E-state index is 11.1. The fourth-order valence-electron chi connectivity index (χ4n) is 1.40. The molecular formula is C12H12Cl2O2. The van der Waals surface area contributed by atoms with Gasteiger partial charge in [-0.05, 0) is 59.3 Å². The summed E-state index contributed by atoms with van der Waals surface area (Å²) in [6.45, 7) is 4.04. The van der Waals surface area contributed by atoms with Crippen molar-refractivity contribution in [3.05, 3.63) is 34.9 Å². The van der Waals surface area contributed by atoms with Gasteiger partial charge in [0.15, 0.2) is 0 Å². The maximum atomic E-state index is 11.1. The van der Waals surface area contributed by atoms with Gasteiger partial charge in [0.2, 0.25) is 0 Å². The Balaban J connectivity index is 3.29. The van der Waals surface area contributed by atoms with Crippen molar-refractivity contribution in [2.24, 2.45) is 0 Å². The van der Waals surface area contributed by atoms with E-state index in [0.29, 0.717) is 11.1 Å². The van der Waals surface area contributed by atoms with Gasteiger partial charge in [0, 0.05) is 11.1 Å². The van der Waals surface area contributed by atoms with Gasteiger partial charge in [0.05, 0.1) is 0 Å². The highest BCUT2D eigenvalue weighted by Gasteiger charge is 2.12. The van der Waals surface area contributed by atoms with Gasteiger partial charge in [-0.15, -0.1) is 0 Å². The first-order valence-corrected chi connectivity index (χ1v) is 5.76. The zero-order valence-electron chi connectivity index (χ0n) is 9.09. The number of halogens is 2. The lowest BCUT2D eigenvalue weighted by Crippen LogP contribution is -2.00. The normalized spacial score (nSPS) is 12.2. The van der Waals surface area contributed by atoms with Gasteiger partial charge in [0.25, 0.3) is 10.5 Å². The predicted octanol–water partition coefficient (Wildman–Crippen LogP) is 3.96. The molecule has 1 atom stereocenters. The van der Waals surface area contributed by atoms with Gasteiger partial charge in [-0.1, -0.05) is 13.8 Å². The second-order valence-electron chi connectivity index (χ2n) is 3.70. The van der Waals surface area contributed by atoms with E-state index in [1.165, 1.54) is 6.07 Å². The minimum absolute atomic E-state index is 0.255. The molecule has 0 N–H and O–H groups in total. The Morgan fingerprint density at radius 3 is 1.88 bits per heavy atom. The molecule has 2 nitrogen and oxygen atoms in total. The van der Waals surface area contributed by atoms with Crippen molar-refractivity contribution in [2.75, 3.05) is 0 Å². The van der Waals surface area contributed by atoms with Crippen LogP contribution in [0.2, 0.25) is 0 Å². The summed E-state index contributed by atoms with van der Waals surface area (Å²) in [6.07, 6.45) is 0.913. The van der Waals surface area contributed by atoms with Crippen LogP contribution in [0, 0.1) is 0 Å². The number of carbonyl (C=O) groups is 2. The van der Waals surface area contributed by atoms with Crippen LogP contribution in [0.3, 0.4) is 0 Å². The van der Waals surface area contributed by atoms with Crippen LogP contribution in [0.25, 0.3) is 0 Å². The molecule has 4 heteroatoms. The standard InChI is InChI=1S/C12H12Cl2O2/c1-3-7(2)8-4-9(11(13)15)6-10(5-8)12(14)16/h4-7H,3H2,1-2H3. The Kier molecular flexibility index (Phi) is 4.51. The van der Waals surface area contributed by atoms with Crippen LogP contribution in [-0.4, -0.2) is 10.5 Å². The van der Waals surface area contributed by atoms with E-state index in [2.05, 4.69) is 0 Å². The van der Waals surface area contributed by atoms with E-state index in [-0.39, 0.29) is 5.92 Å². The van der Waals surface area contributed by atoms with Crippen molar-refractivity contribution >= 4 is 33.7 Å². The zero-order chi connectivity index (χ0) is 12.3. The SMILES string of the molecule is CCC(C)c1cc(C(=O)Cl)cc(C(=O)Cl)c1. The van der Waals surface area contributed by atoms with Crippen molar-refractivity contribution in [3.8, 4) is 0 Å². The fraction of sp³-hybridized carbons (Fsp3) is 0.333. The van der Waals surface area contributed by atoms with Gasteiger partial charge in [0.1, 0.15) is 0 Å². The third kappa shape index (κ3) is 3.06. The molecule has 0 saturated heterocycles. The van der Waals surface area contributed by atoms with E-state index in [4.69, 9.17) is 23.2 Å². The van der Waals surface area contributed by atoms with Gasteiger partial charge in [-0.2, -0.15) is 0 Å². The van der Waals surface area contributed by atoms with Crippen LogP contribution in [0.5, 0.6) is 0 Å². The third-order valence-electron chi connectivity index (χ3n) is 2.59. The molecule has 0 spiro atoms. The molecule has 0 saturated carbocycles. The molecule has 0 aliphatic heterocycles. The highest BCUT2D eigenvalue weighted by atomic mass is 35.5. The molecule has 1 aromatic carbocycles. The van der Waals surface area contributed by atoms with Crippen molar-refractivity contribution in [2.45, 2.75) is 26.2 Å². The van der Waals surface area contributed by atoms with Crippen LogP contribution >= 0.6 is 23.2 Å². The smallest absolute Gasteiger partial charge is 0.252 e. The maximum Gasteiger partial charge on any atom is 0.252 e. The summed E-state index contributed by atoms with van der Waals surface area (Å²) in [5.41, 5.74) is 1.52. The molecule has 0 bridgehead atoms. The molecule has 0 aliphatic carbocycles. The lowest BCUT2D eigenvalue weighted by Gasteiger charge is -2.11. The Hall–Kier alpha value is -0.860. The first-order valence-electron chi connectivity index (χ1n) is 5.00. The van der Waals surface area contributed by atoms with E-state index >= 15 is 0 Å². The molecule has 0 amide bonds. The zero-order valence-corrected chi connectivity index (χ0v) is 10.6. The molecular weight excluding hydrogens is 247 g/mol. The monoisotopic (exact) mass is 258 g/mol. The molecule has 0 fully saturated rings. The number of benzene rings is 1. The first-order chi connectivity index (χ1) is 7.45. The van der Waals surface area contributed by atoms with Crippen molar-refractivity contribution in [3.63, 3.8) is 0 Å². The topological polar surface area (TPSA) is 34.1 Å². The molecule has 1 aromatic rings. The summed E-state index contributed by atoms with van der Waals surface area (Å²) in [4.78, 5) is 22.2. The Morgan fingerprint density at radius 2 is 1.56 bits per heavy atom. The summed E-state index contributed by atoms with van der Waals surface area (Å²) in [7, 11) is 0. The summed E-state index contributed by atoms with van der Waals surface area (Å²) >= 11 is 10.8. The fourth-order valence-corrected chi connectivity index (χ4v) is 1.62. The highest BCUT2D eigenvalue weighted by Crippen LogP contribution is 2.23. The molecule has 0 aliphatic rings. The molecule has 16 heavy (non-hydrogen) atoms. The summed E-state index contributed by atoms with van der Waals surface area (Å²) in [5, 5.41) is -1.16. The first kappa shape index (κ1) is 13.2. The van der Waals surface area contributed by atoms with E-state index in [1.807, 2.05) is 13.8 Å². The van der Waals surface area contributed by atoms with Gasteiger partial charge < -0.3 is 0 Å². The van der Waals surface area contributed by atoms with Crippen LogP contribution in [0.1, 0.15) is 52.5 Å². The largest absolute Gasteiger partial charge is 0.276 e. The van der Waals surface area contributed by atoms with Crippen molar-refractivity contribution in [1.82, 2.24) is 0 Å². The number of hydrogen-bond acceptors (Lipinski definition) is 2. The molecule has 86 valence electrons. The predicted molar refractivity (Wildman–Crippen MR) is 65.5 cm³/mol. The highest BCUT2D eigenvalue weighted by molar-refractivity contribution is 6.69. The minimum Gasteiger partial charge on any atom is -0.276 e. The van der Waals surface area contributed by atoms with Crippen molar-refractivity contribution in [1.29, 1.82) is 0 Å². The van der Waals surface area contributed by atoms with Gasteiger partial charge >= 0.3 is 0 Å². The number of hydrogen-bond donors (Lipinski definition) is 0. The summed E-state index contributed by atoms with van der Waals surface area (Å²) in [5.74, 6) is 0.255. The Morgan fingerprint density at radius 1 is 1.12 bits per heavy atom. The van der Waals surface area contributed by atoms with Crippen LogP contribution in [0.4, 0.5) is 0 Å². The Bertz CT molecular complexity index is 395. The lowest BCUT2D eigenvalue weighted by molar-refractivity contribution is 0.108. The molecule has 0 aromatic heterocycles. The molecule has 1 unspecified atom stereocenters. The Labute approximate surface area is 105 Å². The quantitative estimate of drug-likeness (QED) is 0.767. The summed E-state index contributed by atoms with van der Waals surface area (Å²) in [6, 6.07) is 4.82. The van der Waals surface area contributed by atoms with Crippen LogP contribution in [0.15, 0.2) is 18.2 Å². The molecule has 0 radical (unpaired) electrons. The van der Waals surface area contributed by atoms with E-state index in [1.54, 1.807) is 12.1 Å². The number of rotatable bonds is 4. The van der Waals surface area contributed by atoms with Gasteiger partial charge in [-0.3, -0.25) is 9.59 Å². The second kappa shape index (κ2) is 5.46. The third-order valence-corrected chi connectivity index (χ3v) is 3.03. The van der Waals surface area contributed by atoms with Crippen LogP contribution < -0.4 is 0 Å². The average molecular weight is 259 g/mol. The van der Waals surface area contributed by atoms with Gasteiger partial charge in [-0.25, -0.2) is 0 Å². The average Bonchev–Trinajstić information content (AvgIpc) is 2.27. The van der Waals surface area contributed by atoms with E-state index in [0.717, 1.165) is 12.0 Å². The second-order valence-corrected chi connectivity index (χ2v) is 4.39. The van der Waals surface area contributed by atoms with E-state index < -0.39 is 10.5 Å². The minimum atomic E-state index is -0.579. The lowest BCUT2D eigenvalue weighted by atomic mass is 9.95. The number of carbonyl (C=O) groups excluding carboxylic acids is 2. The van der Waals surface area contributed by atoms with E-state index in [9.17, 15) is 9.59 Å². The van der Waals surface area contributed by atoms with Crippen LogP contribution in [-0.2, 0) is 0 Å². The molecule has 1 rings (SSSR count). The summed E-state index contributed by atoms with van der Waals surface area (Å²) < 4.78 is 0. The van der Waals surface area contributed by atoms with Crippen molar-refractivity contribution < 1.29 is 9.59 Å². The molecule has 0 heterocycles.